The summed E-state index contributed by atoms with van der Waals surface area (Å²) in [6.07, 6.45) is 0.883. The molecule has 0 amide bonds. The fourth-order valence-corrected chi connectivity index (χ4v) is 3.37. The number of guanidine groups is 1. The largest absolute Gasteiger partial charge is 0.489 e. The van der Waals surface area contributed by atoms with Gasteiger partial charge in [-0.2, -0.15) is 0 Å². The maximum absolute atomic E-state index is 5.90. The molecule has 0 aliphatic rings. The first-order valence-corrected chi connectivity index (χ1v) is 10.2. The van der Waals surface area contributed by atoms with Crippen LogP contribution in [0.1, 0.15) is 21.8 Å². The van der Waals surface area contributed by atoms with Gasteiger partial charge in [0, 0.05) is 31.9 Å². The van der Waals surface area contributed by atoms with Gasteiger partial charge in [-0.3, -0.25) is 4.99 Å². The lowest BCUT2D eigenvalue weighted by molar-refractivity contribution is 0.306. The van der Waals surface area contributed by atoms with Gasteiger partial charge in [-0.1, -0.05) is 42.5 Å². The van der Waals surface area contributed by atoms with Crippen LogP contribution < -0.4 is 15.4 Å². The van der Waals surface area contributed by atoms with Crippen molar-refractivity contribution in [1.29, 1.82) is 0 Å². The van der Waals surface area contributed by atoms with Crippen molar-refractivity contribution in [2.75, 3.05) is 13.6 Å². The molecule has 0 atom stereocenters. The highest BCUT2D eigenvalue weighted by Crippen LogP contribution is 2.15. The summed E-state index contributed by atoms with van der Waals surface area (Å²) < 4.78 is 5.90. The van der Waals surface area contributed by atoms with E-state index in [-0.39, 0.29) is 24.0 Å². The summed E-state index contributed by atoms with van der Waals surface area (Å²) in [5.41, 5.74) is 3.42. The van der Waals surface area contributed by atoms with E-state index in [4.69, 9.17) is 4.74 Å². The first kappa shape index (κ1) is 23.2. The third-order valence-electron chi connectivity index (χ3n) is 4.17. The van der Waals surface area contributed by atoms with Gasteiger partial charge in [-0.15, -0.1) is 35.3 Å². The molecule has 0 spiro atoms. The lowest BCUT2D eigenvalue weighted by Gasteiger charge is -2.12. The third-order valence-corrected chi connectivity index (χ3v) is 4.99. The van der Waals surface area contributed by atoms with Gasteiger partial charge >= 0.3 is 0 Å². The average Bonchev–Trinajstić information content (AvgIpc) is 3.15. The second-order valence-corrected chi connectivity index (χ2v) is 7.44. The molecule has 1 aromatic heterocycles. The standard InChI is InChI=1S/C22H26N4OS.HI/c1-17-26-20(16-28-17)11-12-24-22(23-2)25-14-19-9-6-10-21(13-19)27-15-18-7-4-3-5-8-18;/h3-10,13,16H,11-12,14-15H2,1-2H3,(H2,23,24,25);1H. The molecule has 0 bridgehead atoms. The number of hydrogen-bond donors (Lipinski definition) is 2. The predicted molar refractivity (Wildman–Crippen MR) is 131 cm³/mol. The summed E-state index contributed by atoms with van der Waals surface area (Å²) in [6.45, 7) is 4.07. The maximum Gasteiger partial charge on any atom is 0.191 e. The summed E-state index contributed by atoms with van der Waals surface area (Å²) in [7, 11) is 1.78. The fourth-order valence-electron chi connectivity index (χ4n) is 2.72. The lowest BCUT2D eigenvalue weighted by atomic mass is 10.2. The van der Waals surface area contributed by atoms with Crippen LogP contribution in [-0.2, 0) is 19.6 Å². The maximum atomic E-state index is 5.90. The van der Waals surface area contributed by atoms with Crippen LogP contribution in [0, 0.1) is 6.92 Å². The number of nitrogens with zero attached hydrogens (tertiary/aromatic N) is 2. The van der Waals surface area contributed by atoms with Crippen LogP contribution in [0.25, 0.3) is 0 Å². The number of hydrogen-bond acceptors (Lipinski definition) is 4. The van der Waals surface area contributed by atoms with Crippen LogP contribution in [0.5, 0.6) is 5.75 Å². The topological polar surface area (TPSA) is 58.5 Å². The van der Waals surface area contributed by atoms with Crippen molar-refractivity contribution in [3.8, 4) is 5.75 Å². The molecule has 0 fully saturated rings. The quantitative estimate of drug-likeness (QED) is 0.259. The minimum atomic E-state index is 0. The van der Waals surface area contributed by atoms with Gasteiger partial charge in [0.25, 0.3) is 0 Å². The SMILES string of the molecule is CN=C(NCCc1csc(C)n1)NCc1cccc(OCc2ccccc2)c1.I. The minimum absolute atomic E-state index is 0. The molecule has 0 aliphatic heterocycles. The van der Waals surface area contributed by atoms with Gasteiger partial charge in [-0.05, 0) is 30.2 Å². The summed E-state index contributed by atoms with van der Waals surface area (Å²) in [4.78, 5) is 8.76. The highest BCUT2D eigenvalue weighted by atomic mass is 127. The Hall–Kier alpha value is -2.13. The summed E-state index contributed by atoms with van der Waals surface area (Å²) in [5.74, 6) is 1.65. The molecule has 5 nitrogen and oxygen atoms in total. The number of aryl methyl sites for hydroxylation is 1. The molecule has 0 unspecified atom stereocenters. The first-order valence-electron chi connectivity index (χ1n) is 9.34. The normalized spacial score (nSPS) is 10.9. The molecular weight excluding hydrogens is 495 g/mol. The van der Waals surface area contributed by atoms with Crippen LogP contribution in [0.2, 0.25) is 0 Å². The van der Waals surface area contributed by atoms with Crippen LogP contribution in [0.3, 0.4) is 0 Å². The van der Waals surface area contributed by atoms with E-state index in [0.717, 1.165) is 46.5 Å². The zero-order valence-corrected chi connectivity index (χ0v) is 19.9. The Balaban J connectivity index is 0.00000300. The molecule has 1 heterocycles. The van der Waals surface area contributed by atoms with Crippen molar-refractivity contribution in [3.63, 3.8) is 0 Å². The van der Waals surface area contributed by atoms with Gasteiger partial charge in [0.1, 0.15) is 12.4 Å². The Morgan fingerprint density at radius 2 is 1.86 bits per heavy atom. The minimum Gasteiger partial charge on any atom is -0.489 e. The number of halogens is 1. The zero-order valence-electron chi connectivity index (χ0n) is 16.7. The van der Waals surface area contributed by atoms with E-state index in [1.165, 1.54) is 0 Å². The number of benzene rings is 2. The molecule has 2 aromatic carbocycles. The van der Waals surface area contributed by atoms with Gasteiger partial charge in [-0.25, -0.2) is 4.98 Å². The van der Waals surface area contributed by atoms with E-state index in [1.54, 1.807) is 18.4 Å². The second-order valence-electron chi connectivity index (χ2n) is 6.38. The van der Waals surface area contributed by atoms with E-state index in [1.807, 2.05) is 37.3 Å². The predicted octanol–water partition coefficient (Wildman–Crippen LogP) is 4.56. The number of rotatable bonds is 8. The molecule has 154 valence electrons. The van der Waals surface area contributed by atoms with Crippen LogP contribution >= 0.6 is 35.3 Å². The number of thiazole rings is 1. The summed E-state index contributed by atoms with van der Waals surface area (Å²) in [5, 5.41) is 9.88. The number of ether oxygens (including phenoxy) is 1. The third kappa shape index (κ3) is 8.02. The van der Waals surface area contributed by atoms with Crippen molar-refractivity contribution in [1.82, 2.24) is 15.6 Å². The molecule has 7 heteroatoms. The van der Waals surface area contributed by atoms with Crippen LogP contribution in [-0.4, -0.2) is 24.5 Å². The van der Waals surface area contributed by atoms with E-state index < -0.39 is 0 Å². The summed E-state index contributed by atoms with van der Waals surface area (Å²) >= 11 is 1.68. The molecule has 29 heavy (non-hydrogen) atoms. The molecule has 0 aliphatic carbocycles. The van der Waals surface area contributed by atoms with Crippen molar-refractivity contribution < 1.29 is 4.74 Å². The molecule has 0 radical (unpaired) electrons. The molecule has 3 aromatic rings. The van der Waals surface area contributed by atoms with Gasteiger partial charge in [0.2, 0.25) is 0 Å². The molecule has 3 rings (SSSR count). The Morgan fingerprint density at radius 3 is 2.59 bits per heavy atom. The van der Waals surface area contributed by atoms with Crippen LogP contribution in [0.15, 0.2) is 65.0 Å². The van der Waals surface area contributed by atoms with Gasteiger partial charge < -0.3 is 15.4 Å². The van der Waals surface area contributed by atoms with Crippen molar-refractivity contribution in [3.05, 3.63) is 81.8 Å². The Kier molecular flexibility index (Phi) is 9.93. The fraction of sp³-hybridized carbons (Fsp3) is 0.273. The van der Waals surface area contributed by atoms with E-state index >= 15 is 0 Å². The Morgan fingerprint density at radius 1 is 1.07 bits per heavy atom. The smallest absolute Gasteiger partial charge is 0.191 e. The van der Waals surface area contributed by atoms with Crippen molar-refractivity contribution >= 4 is 41.3 Å². The Bertz CT molecular complexity index is 899. The van der Waals surface area contributed by atoms with E-state index in [2.05, 4.69) is 50.3 Å². The lowest BCUT2D eigenvalue weighted by Crippen LogP contribution is -2.37. The molecule has 0 saturated heterocycles. The Labute approximate surface area is 193 Å². The average molecular weight is 522 g/mol. The second kappa shape index (κ2) is 12.4. The molecular formula is C22H27IN4OS. The summed E-state index contributed by atoms with van der Waals surface area (Å²) in [6, 6.07) is 18.3. The van der Waals surface area contributed by atoms with Crippen molar-refractivity contribution in [2.24, 2.45) is 4.99 Å². The zero-order chi connectivity index (χ0) is 19.6. The van der Waals surface area contributed by atoms with E-state index in [9.17, 15) is 0 Å². The molecule has 0 saturated carbocycles. The number of aromatic nitrogens is 1. The van der Waals surface area contributed by atoms with Gasteiger partial charge in [0.05, 0.1) is 10.7 Å². The molecule has 2 N–H and O–H groups in total. The highest BCUT2D eigenvalue weighted by molar-refractivity contribution is 14.0. The number of nitrogens with one attached hydrogen (secondary N) is 2. The van der Waals surface area contributed by atoms with E-state index in [0.29, 0.717) is 13.2 Å². The highest BCUT2D eigenvalue weighted by Gasteiger charge is 2.02. The van der Waals surface area contributed by atoms with Crippen LogP contribution in [0.4, 0.5) is 0 Å². The van der Waals surface area contributed by atoms with Crippen molar-refractivity contribution in [2.45, 2.75) is 26.5 Å². The van der Waals surface area contributed by atoms with Gasteiger partial charge in [0.15, 0.2) is 5.96 Å². The first-order chi connectivity index (χ1) is 13.7. The monoisotopic (exact) mass is 522 g/mol. The number of aliphatic imine (C=N–C) groups is 1.